The lowest BCUT2D eigenvalue weighted by Crippen LogP contribution is -2.55. The second kappa shape index (κ2) is 12.7. The molecular weight excluding hydrogens is 534 g/mol. The highest BCUT2D eigenvalue weighted by Crippen LogP contribution is 2.66. The van der Waals surface area contributed by atoms with E-state index in [4.69, 9.17) is 0 Å². The van der Waals surface area contributed by atoms with Gasteiger partial charge in [0.15, 0.2) is 0 Å². The van der Waals surface area contributed by atoms with Crippen LogP contribution in [0.1, 0.15) is 31.2 Å². The van der Waals surface area contributed by atoms with E-state index in [0.717, 1.165) is 24.1 Å². The fourth-order valence-electron chi connectivity index (χ4n) is 6.95. The number of carbonyl (C=O) groups is 3. The molecule has 3 saturated heterocycles. The SMILES string of the molecule is C=CCN(Cc1ccccc1)C(=O)C1N(CCCCO)C(=O)[C@@H]2[C@H](C(=O)N(CC=C)c3ccccc3)[C@@H]3CCC12S3. The number of benzene rings is 2. The molecule has 2 bridgehead atoms. The smallest absolute Gasteiger partial charge is 0.247 e. The number of unbranched alkanes of at least 4 members (excludes halogenated alkanes) is 1. The van der Waals surface area contributed by atoms with Crippen molar-refractivity contribution in [3.8, 4) is 0 Å². The summed E-state index contributed by atoms with van der Waals surface area (Å²) in [6, 6.07) is 18.7. The normalized spacial score (nSPS) is 26.1. The van der Waals surface area contributed by atoms with E-state index < -0.39 is 22.6 Å². The van der Waals surface area contributed by atoms with Gasteiger partial charge in [0.05, 0.1) is 16.6 Å². The largest absolute Gasteiger partial charge is 0.396 e. The molecule has 7 nitrogen and oxygen atoms in total. The number of hydrogen-bond acceptors (Lipinski definition) is 5. The highest BCUT2D eigenvalue weighted by atomic mass is 32.2. The Bertz CT molecular complexity index is 1270. The third kappa shape index (κ3) is 5.35. The van der Waals surface area contributed by atoms with Crippen molar-refractivity contribution in [3.63, 3.8) is 0 Å². The van der Waals surface area contributed by atoms with Gasteiger partial charge in [0, 0.05) is 43.7 Å². The molecule has 3 amide bonds. The minimum absolute atomic E-state index is 0.0238. The summed E-state index contributed by atoms with van der Waals surface area (Å²) in [5.41, 5.74) is 1.78. The van der Waals surface area contributed by atoms with Crippen LogP contribution in [0.15, 0.2) is 86.0 Å². The van der Waals surface area contributed by atoms with Crippen LogP contribution in [0.25, 0.3) is 0 Å². The van der Waals surface area contributed by atoms with E-state index in [2.05, 4.69) is 13.2 Å². The maximum atomic E-state index is 14.5. The molecule has 216 valence electrons. The number of carbonyl (C=O) groups excluding carboxylic acids is 3. The Kier molecular flexibility index (Phi) is 9.00. The zero-order chi connectivity index (χ0) is 29.0. The number of thioether (sulfide) groups is 1. The quantitative estimate of drug-likeness (QED) is 0.286. The molecule has 2 aromatic rings. The Morgan fingerprint density at radius 3 is 2.34 bits per heavy atom. The number of aliphatic hydroxyl groups excluding tert-OH is 1. The molecule has 0 saturated carbocycles. The standard InChI is InChI=1S/C33H39N3O4S/c1-3-19-34(23-24-13-7-5-8-14-24)32(40)29-33-18-17-26(41-33)27(28(33)31(39)36(29)21-11-12-22-37)30(38)35(20-4-2)25-15-9-6-10-16-25/h3-10,13-16,26-29,37H,1-2,11-12,17-23H2/t26-,27+,28-,29?,33?/m0/s1. The fraction of sp³-hybridized carbons (Fsp3) is 0.424. The first-order valence-electron chi connectivity index (χ1n) is 14.5. The molecule has 0 aromatic heterocycles. The summed E-state index contributed by atoms with van der Waals surface area (Å²) < 4.78 is -0.662. The summed E-state index contributed by atoms with van der Waals surface area (Å²) in [5.74, 6) is -1.37. The highest BCUT2D eigenvalue weighted by Gasteiger charge is 2.74. The van der Waals surface area contributed by atoms with Gasteiger partial charge in [0.2, 0.25) is 17.7 Å². The van der Waals surface area contributed by atoms with Crippen molar-refractivity contribution in [3.05, 3.63) is 91.5 Å². The fourth-order valence-corrected chi connectivity index (χ4v) is 9.16. The first kappa shape index (κ1) is 29.1. The Morgan fingerprint density at radius 1 is 1.00 bits per heavy atom. The third-order valence-corrected chi connectivity index (χ3v) is 10.6. The minimum atomic E-state index is -0.667. The number of hydrogen-bond donors (Lipinski definition) is 1. The molecule has 0 radical (unpaired) electrons. The van der Waals surface area contributed by atoms with Crippen LogP contribution in [0.3, 0.4) is 0 Å². The van der Waals surface area contributed by atoms with Gasteiger partial charge < -0.3 is 19.8 Å². The van der Waals surface area contributed by atoms with Crippen LogP contribution >= 0.6 is 11.8 Å². The summed E-state index contributed by atoms with van der Waals surface area (Å²) >= 11 is 1.68. The Labute approximate surface area is 246 Å². The van der Waals surface area contributed by atoms with Gasteiger partial charge in [-0.05, 0) is 43.4 Å². The molecule has 2 unspecified atom stereocenters. The molecule has 5 atom stereocenters. The summed E-state index contributed by atoms with van der Waals surface area (Å²) in [7, 11) is 0. The molecule has 3 heterocycles. The van der Waals surface area contributed by atoms with Crippen LogP contribution in [-0.4, -0.2) is 74.9 Å². The highest BCUT2D eigenvalue weighted by molar-refractivity contribution is 8.02. The van der Waals surface area contributed by atoms with Gasteiger partial charge >= 0.3 is 0 Å². The number of aliphatic hydroxyl groups is 1. The topological polar surface area (TPSA) is 81.2 Å². The lowest BCUT2D eigenvalue weighted by Gasteiger charge is -2.37. The average Bonchev–Trinajstić information content (AvgIpc) is 3.63. The number of fused-ring (bicyclic) bond motifs is 1. The first-order chi connectivity index (χ1) is 20.0. The van der Waals surface area contributed by atoms with Crippen molar-refractivity contribution in [2.45, 2.75) is 48.3 Å². The van der Waals surface area contributed by atoms with Crippen molar-refractivity contribution >= 4 is 35.2 Å². The monoisotopic (exact) mass is 573 g/mol. The zero-order valence-electron chi connectivity index (χ0n) is 23.4. The van der Waals surface area contributed by atoms with Crippen LogP contribution in [0, 0.1) is 11.8 Å². The van der Waals surface area contributed by atoms with Gasteiger partial charge in [0.25, 0.3) is 0 Å². The Morgan fingerprint density at radius 2 is 1.68 bits per heavy atom. The van der Waals surface area contributed by atoms with Crippen molar-refractivity contribution in [2.75, 3.05) is 31.1 Å². The van der Waals surface area contributed by atoms with E-state index >= 15 is 0 Å². The van der Waals surface area contributed by atoms with Crippen LogP contribution < -0.4 is 4.90 Å². The molecule has 41 heavy (non-hydrogen) atoms. The van der Waals surface area contributed by atoms with Crippen molar-refractivity contribution in [1.29, 1.82) is 0 Å². The molecule has 2 aromatic carbocycles. The van der Waals surface area contributed by atoms with Crippen LogP contribution in [0.4, 0.5) is 5.69 Å². The molecule has 8 heteroatoms. The Balaban J connectivity index is 1.51. The lowest BCUT2D eigenvalue weighted by atomic mass is 9.70. The molecule has 1 N–H and O–H groups in total. The first-order valence-corrected chi connectivity index (χ1v) is 15.3. The predicted octanol–water partition coefficient (Wildman–Crippen LogP) is 4.28. The van der Waals surface area contributed by atoms with E-state index in [-0.39, 0.29) is 29.6 Å². The van der Waals surface area contributed by atoms with Gasteiger partial charge in [-0.25, -0.2) is 0 Å². The van der Waals surface area contributed by atoms with Crippen molar-refractivity contribution in [1.82, 2.24) is 9.80 Å². The molecule has 0 aliphatic carbocycles. The molecule has 3 aliphatic heterocycles. The van der Waals surface area contributed by atoms with Gasteiger partial charge in [0.1, 0.15) is 6.04 Å². The van der Waals surface area contributed by atoms with Crippen molar-refractivity contribution < 1.29 is 19.5 Å². The zero-order valence-corrected chi connectivity index (χ0v) is 24.3. The minimum Gasteiger partial charge on any atom is -0.396 e. The van der Waals surface area contributed by atoms with Crippen LogP contribution in [0.2, 0.25) is 0 Å². The summed E-state index contributed by atoms with van der Waals surface area (Å²) in [5, 5.41) is 9.43. The van der Waals surface area contributed by atoms with E-state index in [1.54, 1.807) is 38.6 Å². The average molecular weight is 574 g/mol. The van der Waals surface area contributed by atoms with Crippen LogP contribution in [0.5, 0.6) is 0 Å². The van der Waals surface area contributed by atoms with E-state index in [1.165, 1.54) is 0 Å². The molecule has 3 fully saturated rings. The van der Waals surface area contributed by atoms with Gasteiger partial charge in [-0.1, -0.05) is 60.7 Å². The van der Waals surface area contributed by atoms with E-state index in [9.17, 15) is 19.5 Å². The second-order valence-corrected chi connectivity index (χ2v) is 12.7. The lowest BCUT2D eigenvalue weighted by molar-refractivity contribution is -0.143. The van der Waals surface area contributed by atoms with Crippen LogP contribution in [-0.2, 0) is 20.9 Å². The number of nitrogens with zero attached hydrogens (tertiary/aromatic N) is 3. The molecular formula is C33H39N3O4S. The van der Waals surface area contributed by atoms with Gasteiger partial charge in [-0.3, -0.25) is 14.4 Å². The Hall–Kier alpha value is -3.36. The molecule has 5 rings (SSSR count). The predicted molar refractivity (Wildman–Crippen MR) is 163 cm³/mol. The summed E-state index contributed by atoms with van der Waals surface area (Å²) in [6.45, 7) is 9.29. The van der Waals surface area contributed by atoms with Gasteiger partial charge in [-0.15, -0.1) is 24.9 Å². The van der Waals surface area contributed by atoms with Gasteiger partial charge in [-0.2, -0.15) is 0 Å². The summed E-state index contributed by atoms with van der Waals surface area (Å²) in [4.78, 5) is 48.4. The summed E-state index contributed by atoms with van der Waals surface area (Å²) in [6.07, 6.45) is 6.07. The molecule has 1 spiro atoms. The molecule has 3 aliphatic rings. The maximum Gasteiger partial charge on any atom is 0.247 e. The number of para-hydroxylation sites is 1. The number of rotatable bonds is 13. The third-order valence-electron chi connectivity index (χ3n) is 8.65. The van der Waals surface area contributed by atoms with Crippen molar-refractivity contribution in [2.24, 2.45) is 11.8 Å². The number of amides is 3. The number of likely N-dealkylation sites (tertiary alicyclic amines) is 1. The van der Waals surface area contributed by atoms with E-state index in [0.29, 0.717) is 39.0 Å². The number of anilines is 1. The second-order valence-electron chi connectivity index (χ2n) is 11.1. The maximum absolute atomic E-state index is 14.5. The van der Waals surface area contributed by atoms with E-state index in [1.807, 2.05) is 60.7 Å².